The Morgan fingerprint density at radius 3 is 2.65 bits per heavy atom. The summed E-state index contributed by atoms with van der Waals surface area (Å²) in [6.07, 6.45) is -0.00551. The average Bonchev–Trinajstić information content (AvgIpc) is 2.94. The predicted molar refractivity (Wildman–Crippen MR) is 73.8 cm³/mol. The molecule has 7 nitrogen and oxygen atoms in total. The molecular weight excluding hydrogens is 326 g/mol. The SMILES string of the molecule is O=C(O)C(NS(=O)(=O)C1CCS(=O)(=O)C1)c1cccs1. The van der Waals surface area contributed by atoms with Crippen LogP contribution in [0.5, 0.6) is 0 Å². The molecule has 112 valence electrons. The molecule has 1 aromatic heterocycles. The number of hydrogen-bond donors (Lipinski definition) is 2. The summed E-state index contributed by atoms with van der Waals surface area (Å²) in [5.41, 5.74) is 0. The predicted octanol–water partition coefficient (Wildman–Crippen LogP) is -0.0197. The smallest absolute Gasteiger partial charge is 0.327 e. The molecule has 20 heavy (non-hydrogen) atoms. The van der Waals surface area contributed by atoms with Crippen molar-refractivity contribution in [1.82, 2.24) is 4.72 Å². The summed E-state index contributed by atoms with van der Waals surface area (Å²) >= 11 is 1.12. The number of nitrogens with one attached hydrogen (secondary N) is 1. The Balaban J connectivity index is 2.20. The number of carboxylic acids is 1. The molecule has 1 aromatic rings. The monoisotopic (exact) mass is 339 g/mol. The van der Waals surface area contributed by atoms with Crippen LogP contribution in [0.15, 0.2) is 17.5 Å². The summed E-state index contributed by atoms with van der Waals surface area (Å²) < 4.78 is 48.9. The third-order valence-corrected chi connectivity index (χ3v) is 7.75. The number of thiophene rings is 1. The van der Waals surface area contributed by atoms with Crippen LogP contribution in [-0.4, -0.2) is 44.7 Å². The van der Waals surface area contributed by atoms with Crippen LogP contribution < -0.4 is 4.72 Å². The Hall–Kier alpha value is -0.970. The van der Waals surface area contributed by atoms with Gasteiger partial charge in [0.05, 0.1) is 16.8 Å². The molecule has 10 heteroatoms. The van der Waals surface area contributed by atoms with E-state index in [2.05, 4.69) is 4.72 Å². The van der Waals surface area contributed by atoms with E-state index in [1.807, 2.05) is 0 Å². The van der Waals surface area contributed by atoms with Gasteiger partial charge in [-0.2, -0.15) is 4.72 Å². The number of rotatable bonds is 5. The molecule has 0 radical (unpaired) electrons. The molecule has 2 unspecified atom stereocenters. The second-order valence-electron chi connectivity index (χ2n) is 4.47. The summed E-state index contributed by atoms with van der Waals surface area (Å²) in [4.78, 5) is 11.5. The van der Waals surface area contributed by atoms with Crippen molar-refractivity contribution in [3.8, 4) is 0 Å². The Morgan fingerprint density at radius 2 is 2.20 bits per heavy atom. The molecule has 2 rings (SSSR count). The Labute approximate surface area is 120 Å². The second-order valence-corrected chi connectivity index (χ2v) is 9.67. The summed E-state index contributed by atoms with van der Waals surface area (Å²) in [5.74, 6) is -1.97. The normalized spacial score (nSPS) is 23.5. The van der Waals surface area contributed by atoms with Crippen LogP contribution in [0.4, 0.5) is 0 Å². The van der Waals surface area contributed by atoms with Gasteiger partial charge >= 0.3 is 5.97 Å². The van der Waals surface area contributed by atoms with E-state index >= 15 is 0 Å². The molecule has 2 heterocycles. The molecule has 0 bridgehead atoms. The summed E-state index contributed by atoms with van der Waals surface area (Å²) in [5, 5.41) is 9.67. The number of carboxylic acid groups (broad SMARTS) is 1. The minimum atomic E-state index is -4.00. The topological polar surface area (TPSA) is 118 Å². The Morgan fingerprint density at radius 1 is 1.50 bits per heavy atom. The van der Waals surface area contributed by atoms with Gasteiger partial charge in [0.2, 0.25) is 10.0 Å². The van der Waals surface area contributed by atoms with Crippen molar-refractivity contribution in [3.63, 3.8) is 0 Å². The zero-order valence-corrected chi connectivity index (χ0v) is 12.7. The zero-order valence-electron chi connectivity index (χ0n) is 10.2. The number of hydrogen-bond acceptors (Lipinski definition) is 6. The third-order valence-electron chi connectivity index (χ3n) is 2.99. The lowest BCUT2D eigenvalue weighted by Crippen LogP contribution is -2.40. The molecule has 0 spiro atoms. The van der Waals surface area contributed by atoms with E-state index < -0.39 is 42.9 Å². The average molecular weight is 339 g/mol. The van der Waals surface area contributed by atoms with Gasteiger partial charge in [-0.15, -0.1) is 11.3 Å². The summed E-state index contributed by atoms with van der Waals surface area (Å²) in [6.45, 7) is 0. The Kier molecular flexibility index (Phi) is 4.19. The van der Waals surface area contributed by atoms with Gasteiger partial charge in [-0.05, 0) is 17.9 Å². The Bertz CT molecular complexity index is 691. The van der Waals surface area contributed by atoms with E-state index in [9.17, 15) is 21.6 Å². The molecule has 1 aliphatic rings. The van der Waals surface area contributed by atoms with E-state index in [0.717, 1.165) is 11.3 Å². The lowest BCUT2D eigenvalue weighted by Gasteiger charge is -2.16. The zero-order chi connectivity index (χ0) is 15.0. The van der Waals surface area contributed by atoms with Crippen LogP contribution in [0.1, 0.15) is 17.3 Å². The van der Waals surface area contributed by atoms with Crippen molar-refractivity contribution in [1.29, 1.82) is 0 Å². The largest absolute Gasteiger partial charge is 0.480 e. The maximum atomic E-state index is 12.1. The maximum absolute atomic E-state index is 12.1. The van der Waals surface area contributed by atoms with E-state index in [-0.39, 0.29) is 12.2 Å². The fourth-order valence-electron chi connectivity index (χ4n) is 1.95. The van der Waals surface area contributed by atoms with Crippen molar-refractivity contribution >= 4 is 37.2 Å². The highest BCUT2D eigenvalue weighted by Crippen LogP contribution is 2.24. The lowest BCUT2D eigenvalue weighted by molar-refractivity contribution is -0.139. The van der Waals surface area contributed by atoms with E-state index in [1.54, 1.807) is 11.4 Å². The molecule has 1 aliphatic heterocycles. The van der Waals surface area contributed by atoms with Crippen molar-refractivity contribution in [2.75, 3.05) is 11.5 Å². The molecule has 1 fully saturated rings. The molecular formula is C10H13NO6S3. The fourth-order valence-corrected chi connectivity index (χ4v) is 7.00. The highest BCUT2D eigenvalue weighted by molar-refractivity contribution is 7.95. The van der Waals surface area contributed by atoms with Gasteiger partial charge < -0.3 is 5.11 Å². The van der Waals surface area contributed by atoms with Crippen molar-refractivity contribution in [2.45, 2.75) is 17.7 Å². The van der Waals surface area contributed by atoms with Crippen molar-refractivity contribution < 1.29 is 26.7 Å². The van der Waals surface area contributed by atoms with Crippen LogP contribution in [-0.2, 0) is 24.7 Å². The van der Waals surface area contributed by atoms with Crippen LogP contribution in [0.25, 0.3) is 0 Å². The number of sulfonamides is 1. The van der Waals surface area contributed by atoms with Gasteiger partial charge in [0.25, 0.3) is 0 Å². The molecule has 1 saturated heterocycles. The van der Waals surface area contributed by atoms with Gasteiger partial charge in [-0.1, -0.05) is 6.07 Å². The standard InChI is InChI=1S/C10H13NO6S3/c12-10(13)9(8-2-1-4-18-8)11-20(16,17)7-3-5-19(14,15)6-7/h1-2,4,7,9,11H,3,5-6H2,(H,12,13). The quantitative estimate of drug-likeness (QED) is 0.778. The molecule has 0 aromatic carbocycles. The molecule has 0 aliphatic carbocycles. The van der Waals surface area contributed by atoms with Crippen LogP contribution in [0, 0.1) is 0 Å². The molecule has 0 saturated carbocycles. The van der Waals surface area contributed by atoms with Gasteiger partial charge in [-0.3, -0.25) is 4.79 Å². The van der Waals surface area contributed by atoms with Gasteiger partial charge in [0.1, 0.15) is 0 Å². The van der Waals surface area contributed by atoms with E-state index in [4.69, 9.17) is 5.11 Å². The first-order valence-corrected chi connectivity index (χ1v) is 9.94. The van der Waals surface area contributed by atoms with Crippen LogP contribution in [0.2, 0.25) is 0 Å². The first-order chi connectivity index (χ1) is 9.21. The lowest BCUT2D eigenvalue weighted by atomic mass is 10.3. The minimum Gasteiger partial charge on any atom is -0.480 e. The van der Waals surface area contributed by atoms with Crippen LogP contribution >= 0.6 is 11.3 Å². The highest BCUT2D eigenvalue weighted by atomic mass is 32.2. The minimum absolute atomic E-state index is 0.00551. The number of carbonyl (C=O) groups is 1. The maximum Gasteiger partial charge on any atom is 0.327 e. The van der Waals surface area contributed by atoms with Crippen molar-refractivity contribution in [3.05, 3.63) is 22.4 Å². The molecule has 2 atom stereocenters. The number of sulfone groups is 1. The first-order valence-electron chi connectivity index (χ1n) is 5.69. The van der Waals surface area contributed by atoms with Gasteiger partial charge in [0.15, 0.2) is 15.9 Å². The van der Waals surface area contributed by atoms with Crippen molar-refractivity contribution in [2.24, 2.45) is 0 Å². The van der Waals surface area contributed by atoms with Gasteiger partial charge in [-0.25, -0.2) is 16.8 Å². The van der Waals surface area contributed by atoms with E-state index in [0.29, 0.717) is 4.88 Å². The van der Waals surface area contributed by atoms with Gasteiger partial charge in [0, 0.05) is 4.88 Å². The highest BCUT2D eigenvalue weighted by Gasteiger charge is 2.39. The van der Waals surface area contributed by atoms with E-state index in [1.165, 1.54) is 6.07 Å². The summed E-state index contributed by atoms with van der Waals surface area (Å²) in [7, 11) is -7.36. The summed E-state index contributed by atoms with van der Waals surface area (Å²) in [6, 6.07) is 1.74. The molecule has 2 N–H and O–H groups in total. The fraction of sp³-hybridized carbons (Fsp3) is 0.500. The molecule has 0 amide bonds. The first kappa shape index (κ1) is 15.4. The van der Waals surface area contributed by atoms with Crippen LogP contribution in [0.3, 0.4) is 0 Å². The second kappa shape index (κ2) is 5.43. The number of aliphatic carboxylic acids is 1. The third kappa shape index (κ3) is 3.37.